The van der Waals surface area contributed by atoms with Crippen molar-refractivity contribution in [1.82, 2.24) is 13.1 Å². The van der Waals surface area contributed by atoms with Gasteiger partial charge in [0.2, 0.25) is 6.23 Å². The molecule has 1 saturated heterocycles. The maximum atomic E-state index is 14.3. The summed E-state index contributed by atoms with van der Waals surface area (Å²) in [5, 5.41) is 21.9. The van der Waals surface area contributed by atoms with Gasteiger partial charge in [0.1, 0.15) is 6.10 Å². The SMILES string of the molecule is Cc1cc(CC(=O)Nc2ccn(C3OC(CO)C(O)C3(F)F)c(=O)n2)ccc1-n1[se]c2ccccc2c1=O. The van der Waals surface area contributed by atoms with E-state index in [0.717, 1.165) is 27.8 Å². The zero-order chi connectivity index (χ0) is 27.2. The third-order valence-electron chi connectivity index (χ3n) is 6.25. The number of benzene rings is 2. The molecule has 0 saturated carbocycles. The van der Waals surface area contributed by atoms with E-state index in [4.69, 9.17) is 9.84 Å². The average Bonchev–Trinajstić information content (AvgIpc) is 3.32. The van der Waals surface area contributed by atoms with Crippen molar-refractivity contribution in [3.8, 4) is 5.69 Å². The van der Waals surface area contributed by atoms with Crippen molar-refractivity contribution in [2.75, 3.05) is 11.9 Å². The summed E-state index contributed by atoms with van der Waals surface area (Å²) in [6, 6.07) is 14.0. The van der Waals surface area contributed by atoms with Crippen molar-refractivity contribution < 1.29 is 28.5 Å². The van der Waals surface area contributed by atoms with Gasteiger partial charge in [0.05, 0.1) is 6.61 Å². The van der Waals surface area contributed by atoms with E-state index in [2.05, 4.69) is 10.3 Å². The topological polar surface area (TPSA) is 136 Å². The van der Waals surface area contributed by atoms with E-state index >= 15 is 0 Å². The second kappa shape index (κ2) is 10.0. The van der Waals surface area contributed by atoms with Crippen LogP contribution in [-0.2, 0) is 16.0 Å². The number of alkyl halides is 2. The monoisotopic (exact) mass is 592 g/mol. The first-order valence-corrected chi connectivity index (χ1v) is 13.1. The van der Waals surface area contributed by atoms with Crippen LogP contribution >= 0.6 is 0 Å². The molecule has 1 aliphatic rings. The Balaban J connectivity index is 1.29. The number of nitrogens with zero attached hydrogens (tertiary/aromatic N) is 3. The Bertz CT molecular complexity index is 1650. The van der Waals surface area contributed by atoms with Gasteiger partial charge < -0.3 is 14.9 Å². The number of nitrogens with one attached hydrogen (secondary N) is 1. The number of aryl methyl sites for hydroxylation is 1. The van der Waals surface area contributed by atoms with Crippen molar-refractivity contribution in [1.29, 1.82) is 0 Å². The molecule has 0 aliphatic carbocycles. The van der Waals surface area contributed by atoms with Crippen molar-refractivity contribution in [3.05, 3.63) is 86.7 Å². The van der Waals surface area contributed by atoms with E-state index < -0.39 is 42.6 Å². The van der Waals surface area contributed by atoms with Gasteiger partial charge in [0.15, 0.2) is 6.10 Å². The number of halogens is 2. The van der Waals surface area contributed by atoms with E-state index in [1.165, 1.54) is 0 Å². The van der Waals surface area contributed by atoms with Crippen molar-refractivity contribution in [3.63, 3.8) is 0 Å². The van der Waals surface area contributed by atoms with E-state index in [-0.39, 0.29) is 32.5 Å². The second-order valence-electron chi connectivity index (χ2n) is 8.86. The standard InChI is InChI=1S/C25H22F2N4O6Se/c1-13-10-14(6-7-16(13)31-22(35)15-4-2-3-5-18(15)38-31)11-20(33)28-19-8-9-30(24(36)29-19)23-25(26,27)21(34)17(12-32)37-23/h2-10,17,21,23,32,34H,11-12H2,1H3,(H,28,29,33,36). The summed E-state index contributed by atoms with van der Waals surface area (Å²) in [6.07, 6.45) is -5.09. The normalized spacial score (nSPS) is 20.6. The van der Waals surface area contributed by atoms with Crippen LogP contribution < -0.4 is 16.6 Å². The first-order chi connectivity index (χ1) is 18.1. The molecule has 3 N–H and O–H groups in total. The molecule has 2 aromatic carbocycles. The van der Waals surface area contributed by atoms with Crippen LogP contribution in [-0.4, -0.2) is 68.7 Å². The van der Waals surface area contributed by atoms with Crippen LogP contribution in [0.2, 0.25) is 0 Å². The van der Waals surface area contributed by atoms with E-state index in [0.29, 0.717) is 15.5 Å². The van der Waals surface area contributed by atoms with Crippen LogP contribution in [0.3, 0.4) is 0 Å². The molecular weight excluding hydrogens is 569 g/mol. The molecule has 3 heterocycles. The molecule has 38 heavy (non-hydrogen) atoms. The number of anilines is 1. The van der Waals surface area contributed by atoms with Crippen molar-refractivity contribution >= 4 is 36.1 Å². The summed E-state index contributed by atoms with van der Waals surface area (Å²) in [7, 11) is 0. The van der Waals surface area contributed by atoms with Crippen LogP contribution in [0.5, 0.6) is 0 Å². The number of hydrogen-bond acceptors (Lipinski definition) is 7. The quantitative estimate of drug-likeness (QED) is 0.285. The number of aliphatic hydroxyl groups excluding tert-OH is 2. The van der Waals surface area contributed by atoms with Crippen LogP contribution in [0.25, 0.3) is 15.3 Å². The molecule has 198 valence electrons. The summed E-state index contributed by atoms with van der Waals surface area (Å²) in [5.74, 6) is -4.47. The molecule has 4 aromatic rings. The van der Waals surface area contributed by atoms with Gasteiger partial charge in [-0.25, -0.2) is 0 Å². The number of hydrogen-bond donors (Lipinski definition) is 3. The van der Waals surface area contributed by atoms with Gasteiger partial charge in [0.25, 0.3) is 0 Å². The fourth-order valence-corrected chi connectivity index (χ4v) is 6.59. The predicted octanol–water partition coefficient (Wildman–Crippen LogP) is 0.980. The third kappa shape index (κ3) is 4.63. The minimum atomic E-state index is -3.84. The molecule has 3 unspecified atom stereocenters. The summed E-state index contributed by atoms with van der Waals surface area (Å²) in [6.45, 7) is 0.996. The molecule has 3 atom stereocenters. The van der Waals surface area contributed by atoms with Crippen molar-refractivity contribution in [2.45, 2.75) is 37.7 Å². The fraction of sp³-hybridized carbons (Fsp3) is 0.280. The minimum absolute atomic E-state index is 0.0562. The number of fused-ring (bicyclic) bond motifs is 1. The summed E-state index contributed by atoms with van der Waals surface area (Å²) < 4.78 is 36.9. The molecule has 2 aromatic heterocycles. The summed E-state index contributed by atoms with van der Waals surface area (Å²) in [4.78, 5) is 41.4. The predicted molar refractivity (Wildman–Crippen MR) is 134 cm³/mol. The molecule has 0 bridgehead atoms. The number of ether oxygens (including phenoxy) is 1. The molecule has 1 fully saturated rings. The van der Waals surface area contributed by atoms with Gasteiger partial charge >= 0.3 is 171 Å². The molecule has 10 nitrogen and oxygen atoms in total. The summed E-state index contributed by atoms with van der Waals surface area (Å²) >= 11 is -0.187. The van der Waals surface area contributed by atoms with Crippen LogP contribution in [0.4, 0.5) is 14.6 Å². The van der Waals surface area contributed by atoms with E-state index in [1.54, 1.807) is 27.8 Å². The number of aliphatic hydroxyl groups is 2. The van der Waals surface area contributed by atoms with Gasteiger partial charge in [-0.3, -0.25) is 0 Å². The zero-order valence-electron chi connectivity index (χ0n) is 19.9. The Morgan fingerprint density at radius 3 is 2.63 bits per heavy atom. The van der Waals surface area contributed by atoms with Gasteiger partial charge in [-0.05, 0) is 0 Å². The Morgan fingerprint density at radius 1 is 1.21 bits per heavy atom. The molecule has 0 spiro atoms. The summed E-state index contributed by atoms with van der Waals surface area (Å²) in [5.41, 5.74) is 1.06. The van der Waals surface area contributed by atoms with Crippen LogP contribution in [0, 0.1) is 6.92 Å². The molecule has 13 heteroatoms. The fourth-order valence-electron chi connectivity index (χ4n) is 4.34. The Kier molecular flexibility index (Phi) is 6.88. The van der Waals surface area contributed by atoms with Gasteiger partial charge in [-0.2, -0.15) is 8.78 Å². The molecular formula is C25H22F2N4O6Se. The van der Waals surface area contributed by atoms with Gasteiger partial charge in [0, 0.05) is 0 Å². The Labute approximate surface area is 219 Å². The van der Waals surface area contributed by atoms with Crippen LogP contribution in [0.1, 0.15) is 17.4 Å². The number of amides is 1. The van der Waals surface area contributed by atoms with E-state index in [1.807, 2.05) is 25.1 Å². The average molecular weight is 591 g/mol. The van der Waals surface area contributed by atoms with Crippen LogP contribution in [0.15, 0.2) is 64.3 Å². The van der Waals surface area contributed by atoms with Gasteiger partial charge in [-0.15, -0.1) is 0 Å². The van der Waals surface area contributed by atoms with Crippen molar-refractivity contribution in [2.24, 2.45) is 0 Å². The molecule has 0 radical (unpaired) electrons. The molecule has 5 rings (SSSR count). The molecule has 1 amide bonds. The first kappa shape index (κ1) is 26.1. The maximum absolute atomic E-state index is 14.3. The zero-order valence-corrected chi connectivity index (χ0v) is 21.6. The number of carbonyl (C=O) groups is 1. The second-order valence-corrected chi connectivity index (χ2v) is 10.9. The first-order valence-electron chi connectivity index (χ1n) is 11.5. The van der Waals surface area contributed by atoms with Gasteiger partial charge in [-0.1, -0.05) is 0 Å². The molecule has 1 aliphatic heterocycles. The number of rotatable bonds is 6. The number of aromatic nitrogens is 3. The third-order valence-corrected chi connectivity index (χ3v) is 8.55. The van der Waals surface area contributed by atoms with E-state index in [9.17, 15) is 28.3 Å². The Hall–Kier alpha value is -3.48. The Morgan fingerprint density at radius 2 is 1.97 bits per heavy atom. The number of carbonyl (C=O) groups excluding carboxylic acids is 1.